The number of benzene rings is 1. The largest absolute Gasteiger partial charge is 0.491 e. The van der Waals surface area contributed by atoms with Crippen molar-refractivity contribution in [1.29, 1.82) is 0 Å². The lowest BCUT2D eigenvalue weighted by atomic mass is 10.0. The molecule has 0 bridgehead atoms. The monoisotopic (exact) mass is 354 g/mol. The second-order valence-electron chi connectivity index (χ2n) is 6.56. The van der Waals surface area contributed by atoms with Gasteiger partial charge in [-0.25, -0.2) is 0 Å². The van der Waals surface area contributed by atoms with E-state index in [4.69, 9.17) is 4.74 Å². The first-order chi connectivity index (χ1) is 11.1. The summed E-state index contributed by atoms with van der Waals surface area (Å²) in [6.45, 7) is 9.03. The number of ether oxygens (including phenoxy) is 1. The molecule has 1 aromatic rings. The molecule has 1 N–H and O–H groups in total. The molecule has 1 fully saturated rings. The standard InChI is InChI=1S/C19H30N2O2.ClH/c1-4-12-21(17-8-10-20-11-9-17)19(22)14-16-6-5-7-18(13-16)23-15(2)3;/h5-7,13,15,17,20H,4,8-12,14H2,1-3H3;1H. The van der Waals surface area contributed by atoms with E-state index in [0.717, 1.165) is 50.2 Å². The molecular formula is C19H31ClN2O2. The van der Waals surface area contributed by atoms with Crippen molar-refractivity contribution in [2.75, 3.05) is 19.6 Å². The molecule has 0 saturated carbocycles. The van der Waals surface area contributed by atoms with Crippen molar-refractivity contribution in [2.45, 2.75) is 58.6 Å². The molecular weight excluding hydrogens is 324 g/mol. The minimum atomic E-state index is 0. The Morgan fingerprint density at radius 1 is 1.33 bits per heavy atom. The van der Waals surface area contributed by atoms with E-state index in [1.165, 1.54) is 0 Å². The highest BCUT2D eigenvalue weighted by Crippen LogP contribution is 2.18. The molecule has 0 aliphatic carbocycles. The summed E-state index contributed by atoms with van der Waals surface area (Å²) >= 11 is 0. The third-order valence-electron chi connectivity index (χ3n) is 4.16. The van der Waals surface area contributed by atoms with Crippen molar-refractivity contribution in [3.05, 3.63) is 29.8 Å². The first-order valence-corrected chi connectivity index (χ1v) is 8.86. The van der Waals surface area contributed by atoms with E-state index in [9.17, 15) is 4.79 Å². The Morgan fingerprint density at radius 2 is 2.04 bits per heavy atom. The first-order valence-electron chi connectivity index (χ1n) is 8.86. The third kappa shape index (κ3) is 6.33. The van der Waals surface area contributed by atoms with Gasteiger partial charge in [-0.1, -0.05) is 19.1 Å². The van der Waals surface area contributed by atoms with Crippen molar-refractivity contribution >= 4 is 18.3 Å². The summed E-state index contributed by atoms with van der Waals surface area (Å²) in [6, 6.07) is 8.31. The van der Waals surface area contributed by atoms with E-state index in [-0.39, 0.29) is 24.4 Å². The molecule has 136 valence electrons. The number of piperidine rings is 1. The molecule has 2 rings (SSSR count). The average molecular weight is 355 g/mol. The van der Waals surface area contributed by atoms with Crippen molar-refractivity contribution < 1.29 is 9.53 Å². The van der Waals surface area contributed by atoms with Crippen molar-refractivity contribution in [1.82, 2.24) is 10.2 Å². The van der Waals surface area contributed by atoms with Crippen molar-refractivity contribution in [3.63, 3.8) is 0 Å². The fourth-order valence-electron chi connectivity index (χ4n) is 3.15. The van der Waals surface area contributed by atoms with Gasteiger partial charge >= 0.3 is 0 Å². The number of nitrogens with one attached hydrogen (secondary N) is 1. The van der Waals surface area contributed by atoms with Gasteiger partial charge in [0.1, 0.15) is 5.75 Å². The van der Waals surface area contributed by atoms with Gasteiger partial charge in [-0.3, -0.25) is 4.79 Å². The van der Waals surface area contributed by atoms with Gasteiger partial charge in [0.15, 0.2) is 0 Å². The third-order valence-corrected chi connectivity index (χ3v) is 4.16. The molecule has 1 aromatic carbocycles. The van der Waals surface area contributed by atoms with Crippen LogP contribution in [0.15, 0.2) is 24.3 Å². The predicted molar refractivity (Wildman–Crippen MR) is 101 cm³/mol. The molecule has 4 nitrogen and oxygen atoms in total. The molecule has 0 spiro atoms. The Kier molecular flexibility index (Phi) is 9.16. The van der Waals surface area contributed by atoms with Gasteiger partial charge in [0.25, 0.3) is 0 Å². The summed E-state index contributed by atoms with van der Waals surface area (Å²) in [4.78, 5) is 14.9. The predicted octanol–water partition coefficient (Wildman–Crippen LogP) is 3.43. The maximum atomic E-state index is 12.8. The maximum absolute atomic E-state index is 12.8. The second-order valence-corrected chi connectivity index (χ2v) is 6.56. The van der Waals surface area contributed by atoms with Gasteiger partial charge in [-0.05, 0) is 63.9 Å². The number of amides is 1. The fourth-order valence-corrected chi connectivity index (χ4v) is 3.15. The van der Waals surface area contributed by atoms with Crippen LogP contribution >= 0.6 is 12.4 Å². The number of carbonyl (C=O) groups excluding carboxylic acids is 1. The number of carbonyl (C=O) groups is 1. The van der Waals surface area contributed by atoms with Gasteiger partial charge in [0, 0.05) is 12.6 Å². The smallest absolute Gasteiger partial charge is 0.227 e. The summed E-state index contributed by atoms with van der Waals surface area (Å²) in [7, 11) is 0. The first kappa shape index (κ1) is 20.8. The van der Waals surface area contributed by atoms with Crippen LogP contribution in [0.3, 0.4) is 0 Å². The molecule has 1 amide bonds. The van der Waals surface area contributed by atoms with Crippen molar-refractivity contribution in [2.24, 2.45) is 0 Å². The van der Waals surface area contributed by atoms with E-state index < -0.39 is 0 Å². The van der Waals surface area contributed by atoms with Crippen LogP contribution in [0.4, 0.5) is 0 Å². The Bertz CT molecular complexity index is 502. The van der Waals surface area contributed by atoms with Gasteiger partial charge in [-0.2, -0.15) is 0 Å². The normalized spacial score (nSPS) is 15.0. The molecule has 1 saturated heterocycles. The minimum absolute atomic E-state index is 0. The lowest BCUT2D eigenvalue weighted by molar-refractivity contribution is -0.133. The molecule has 0 radical (unpaired) electrons. The summed E-state index contributed by atoms with van der Waals surface area (Å²) in [5.41, 5.74) is 1.03. The zero-order valence-corrected chi connectivity index (χ0v) is 15.9. The van der Waals surface area contributed by atoms with Crippen LogP contribution in [0.1, 0.15) is 45.6 Å². The molecule has 5 heteroatoms. The van der Waals surface area contributed by atoms with E-state index in [1.807, 2.05) is 38.1 Å². The summed E-state index contributed by atoms with van der Waals surface area (Å²) < 4.78 is 5.73. The lowest BCUT2D eigenvalue weighted by Gasteiger charge is -2.34. The average Bonchev–Trinajstić information content (AvgIpc) is 2.53. The van der Waals surface area contributed by atoms with Crippen LogP contribution in [-0.2, 0) is 11.2 Å². The van der Waals surface area contributed by atoms with Crippen LogP contribution in [-0.4, -0.2) is 42.6 Å². The van der Waals surface area contributed by atoms with Crippen LogP contribution in [0.25, 0.3) is 0 Å². The van der Waals surface area contributed by atoms with E-state index >= 15 is 0 Å². The molecule has 1 aliphatic heterocycles. The maximum Gasteiger partial charge on any atom is 0.227 e. The molecule has 0 unspecified atom stereocenters. The van der Waals surface area contributed by atoms with Crippen LogP contribution < -0.4 is 10.1 Å². The molecule has 1 aliphatic rings. The Balaban J connectivity index is 0.00000288. The fraction of sp³-hybridized carbons (Fsp3) is 0.632. The summed E-state index contributed by atoms with van der Waals surface area (Å²) in [6.07, 6.45) is 3.72. The van der Waals surface area contributed by atoms with Crippen LogP contribution in [0.5, 0.6) is 5.75 Å². The highest BCUT2D eigenvalue weighted by atomic mass is 35.5. The SMILES string of the molecule is CCCN(C(=O)Cc1cccc(OC(C)C)c1)C1CCNCC1.Cl. The van der Waals surface area contributed by atoms with Gasteiger partial charge in [-0.15, -0.1) is 12.4 Å². The van der Waals surface area contributed by atoms with Crippen LogP contribution in [0, 0.1) is 0 Å². The van der Waals surface area contributed by atoms with E-state index in [0.29, 0.717) is 12.5 Å². The number of rotatable bonds is 7. The summed E-state index contributed by atoms with van der Waals surface area (Å²) in [5.74, 6) is 1.08. The highest BCUT2D eigenvalue weighted by Gasteiger charge is 2.24. The number of nitrogens with zero attached hydrogens (tertiary/aromatic N) is 1. The topological polar surface area (TPSA) is 41.6 Å². The number of halogens is 1. The molecule has 24 heavy (non-hydrogen) atoms. The van der Waals surface area contributed by atoms with E-state index in [2.05, 4.69) is 17.1 Å². The molecule has 0 aromatic heterocycles. The van der Waals surface area contributed by atoms with Gasteiger partial charge in [0.05, 0.1) is 12.5 Å². The highest BCUT2D eigenvalue weighted by molar-refractivity contribution is 5.85. The zero-order chi connectivity index (χ0) is 16.7. The Labute approximate surface area is 152 Å². The number of hydrogen-bond acceptors (Lipinski definition) is 3. The lowest BCUT2D eigenvalue weighted by Crippen LogP contribution is -2.47. The Hall–Kier alpha value is -1.26. The Morgan fingerprint density at radius 3 is 2.67 bits per heavy atom. The van der Waals surface area contributed by atoms with Crippen molar-refractivity contribution in [3.8, 4) is 5.75 Å². The number of hydrogen-bond donors (Lipinski definition) is 1. The summed E-state index contributed by atoms with van der Waals surface area (Å²) in [5, 5.41) is 3.37. The molecule has 1 heterocycles. The zero-order valence-electron chi connectivity index (χ0n) is 15.1. The van der Waals surface area contributed by atoms with Gasteiger partial charge < -0.3 is 15.0 Å². The second kappa shape index (κ2) is 10.6. The minimum Gasteiger partial charge on any atom is -0.491 e. The quantitative estimate of drug-likeness (QED) is 0.815. The van der Waals surface area contributed by atoms with Crippen LogP contribution in [0.2, 0.25) is 0 Å². The van der Waals surface area contributed by atoms with Gasteiger partial charge in [0.2, 0.25) is 5.91 Å². The van der Waals surface area contributed by atoms with E-state index in [1.54, 1.807) is 0 Å². The molecule has 0 atom stereocenters.